The van der Waals surface area contributed by atoms with E-state index in [1.165, 1.54) is 10.9 Å². The van der Waals surface area contributed by atoms with Crippen LogP contribution >= 0.6 is 8.25 Å². The second-order valence-corrected chi connectivity index (χ2v) is 3.98. The maximum absolute atomic E-state index is 9.26. The van der Waals surface area contributed by atoms with Crippen molar-refractivity contribution in [3.05, 3.63) is 42.0 Å². The van der Waals surface area contributed by atoms with E-state index >= 15 is 0 Å². The van der Waals surface area contributed by atoms with Gasteiger partial charge in [-0.2, -0.15) is 0 Å². The fourth-order valence-corrected chi connectivity index (χ4v) is 1.50. The molecule has 2 aromatic rings. The summed E-state index contributed by atoms with van der Waals surface area (Å²) in [5.41, 5.74) is 1.33. The molecule has 0 aromatic heterocycles. The predicted octanol–water partition coefficient (Wildman–Crippen LogP) is 2.74. The number of phenolic OH excluding ortho intramolecular Hbond substituents is 1. The molecule has 3 N–H and O–H groups in total. The molecule has 0 atom stereocenters. The highest BCUT2D eigenvalue weighted by molar-refractivity contribution is 7.30. The van der Waals surface area contributed by atoms with Gasteiger partial charge in [0.15, 0.2) is 0 Å². The van der Waals surface area contributed by atoms with E-state index in [0.29, 0.717) is 5.75 Å². The number of hydrogen-bond donors (Lipinski definition) is 3. The molecule has 0 spiro atoms. The van der Waals surface area contributed by atoms with Crippen LogP contribution in [0.5, 0.6) is 5.75 Å². The van der Waals surface area contributed by atoms with E-state index in [1.54, 1.807) is 12.1 Å². The molecule has 0 saturated heterocycles. The van der Waals surface area contributed by atoms with Gasteiger partial charge in [0.2, 0.25) is 0 Å². The Bertz CT molecular complexity index is 521. The minimum atomic E-state index is -2.87. The monoisotopic (exact) mass is 253 g/mol. The molecular formula is C12H14O4P+. The molecule has 2 aromatic carbocycles. The molecule has 0 saturated carbocycles. The highest BCUT2D eigenvalue weighted by Crippen LogP contribution is 2.21. The van der Waals surface area contributed by atoms with E-state index in [0.717, 1.165) is 11.8 Å². The molecule has 0 unspecified atom stereocenters. The number of aromatic hydroxyl groups is 1. The van der Waals surface area contributed by atoms with Gasteiger partial charge < -0.3 is 5.11 Å². The Kier molecular flexibility index (Phi) is 5.04. The van der Waals surface area contributed by atoms with Gasteiger partial charge in [-0.3, -0.25) is 0 Å². The molecule has 17 heavy (non-hydrogen) atoms. The average Bonchev–Trinajstić information content (AvgIpc) is 2.27. The third-order valence-corrected chi connectivity index (χ3v) is 2.30. The fourth-order valence-electron chi connectivity index (χ4n) is 1.50. The Balaban J connectivity index is 0.000000317. The van der Waals surface area contributed by atoms with Crippen LogP contribution in [0.3, 0.4) is 0 Å². The van der Waals surface area contributed by atoms with Crippen molar-refractivity contribution in [3.8, 4) is 5.75 Å². The van der Waals surface area contributed by atoms with Gasteiger partial charge >= 0.3 is 8.25 Å². The Hall–Kier alpha value is -1.48. The van der Waals surface area contributed by atoms with Crippen LogP contribution in [0, 0.1) is 0 Å². The lowest BCUT2D eigenvalue weighted by molar-refractivity contribution is 0.405. The standard InChI is InChI=1S/C12H12O.HO3P/c1-2-9-3-4-11-8-12(13)6-5-10(11)7-9;1-4(2)3/h3-8,13H,2H2,1H3;(H-,1,2,3)/p+1. The van der Waals surface area contributed by atoms with Crippen LogP contribution < -0.4 is 0 Å². The Morgan fingerprint density at radius 1 is 1.06 bits per heavy atom. The second kappa shape index (κ2) is 6.30. The van der Waals surface area contributed by atoms with E-state index in [-0.39, 0.29) is 0 Å². The lowest BCUT2D eigenvalue weighted by Gasteiger charge is -2.01. The minimum Gasteiger partial charge on any atom is -0.508 e. The first kappa shape index (κ1) is 13.6. The number of hydrogen-bond acceptors (Lipinski definition) is 2. The third kappa shape index (κ3) is 4.49. The van der Waals surface area contributed by atoms with Crippen LogP contribution in [0.4, 0.5) is 0 Å². The maximum Gasteiger partial charge on any atom is 0.692 e. The highest BCUT2D eigenvalue weighted by Gasteiger charge is 1.95. The zero-order chi connectivity index (χ0) is 12.8. The summed E-state index contributed by atoms with van der Waals surface area (Å²) in [5.74, 6) is 0.330. The molecular weight excluding hydrogens is 239 g/mol. The first-order chi connectivity index (χ1) is 8.02. The number of rotatable bonds is 1. The summed E-state index contributed by atoms with van der Waals surface area (Å²) in [4.78, 5) is 14.2. The molecule has 0 aliphatic heterocycles. The van der Waals surface area contributed by atoms with Crippen molar-refractivity contribution in [3.63, 3.8) is 0 Å². The zero-order valence-corrected chi connectivity index (χ0v) is 10.3. The zero-order valence-electron chi connectivity index (χ0n) is 9.37. The molecule has 0 aliphatic carbocycles. The topological polar surface area (TPSA) is 77.8 Å². The van der Waals surface area contributed by atoms with Crippen molar-refractivity contribution in [1.82, 2.24) is 0 Å². The van der Waals surface area contributed by atoms with Gasteiger partial charge in [-0.1, -0.05) is 31.2 Å². The molecule has 0 amide bonds. The van der Waals surface area contributed by atoms with Crippen molar-refractivity contribution in [2.75, 3.05) is 0 Å². The smallest absolute Gasteiger partial charge is 0.508 e. The lowest BCUT2D eigenvalue weighted by atomic mass is 10.1. The van der Waals surface area contributed by atoms with Crippen LogP contribution in [-0.2, 0) is 11.0 Å². The van der Waals surface area contributed by atoms with E-state index in [2.05, 4.69) is 19.1 Å². The molecule has 4 nitrogen and oxygen atoms in total. The Morgan fingerprint density at radius 3 is 2.18 bits per heavy atom. The Morgan fingerprint density at radius 2 is 1.59 bits per heavy atom. The average molecular weight is 253 g/mol. The predicted molar refractivity (Wildman–Crippen MR) is 67.0 cm³/mol. The number of aryl methyl sites for hydroxylation is 1. The number of benzene rings is 2. The van der Waals surface area contributed by atoms with Crippen molar-refractivity contribution < 1.29 is 19.5 Å². The van der Waals surface area contributed by atoms with Crippen LogP contribution in [0.15, 0.2) is 36.4 Å². The quantitative estimate of drug-likeness (QED) is 0.683. The van der Waals surface area contributed by atoms with Gasteiger partial charge in [0.25, 0.3) is 0 Å². The van der Waals surface area contributed by atoms with Crippen LogP contribution in [0.1, 0.15) is 12.5 Å². The van der Waals surface area contributed by atoms with Crippen molar-refractivity contribution in [1.29, 1.82) is 0 Å². The van der Waals surface area contributed by atoms with E-state index in [9.17, 15) is 5.11 Å². The van der Waals surface area contributed by atoms with E-state index in [4.69, 9.17) is 14.4 Å². The summed E-state index contributed by atoms with van der Waals surface area (Å²) in [6.45, 7) is 2.14. The fraction of sp³-hybridized carbons (Fsp3) is 0.167. The minimum absolute atomic E-state index is 0.330. The number of phenols is 1. The normalized spacial score (nSPS) is 9.59. The van der Waals surface area contributed by atoms with Gasteiger partial charge in [-0.25, -0.2) is 0 Å². The van der Waals surface area contributed by atoms with Gasteiger partial charge in [0.1, 0.15) is 5.75 Å². The first-order valence-corrected chi connectivity index (χ1v) is 6.26. The molecule has 0 bridgehead atoms. The van der Waals surface area contributed by atoms with Crippen LogP contribution in [-0.4, -0.2) is 14.9 Å². The van der Waals surface area contributed by atoms with Crippen molar-refractivity contribution >= 4 is 19.0 Å². The lowest BCUT2D eigenvalue weighted by Crippen LogP contribution is -1.79. The summed E-state index contributed by atoms with van der Waals surface area (Å²) in [7, 11) is -2.87. The third-order valence-electron chi connectivity index (χ3n) is 2.30. The molecule has 0 aliphatic rings. The summed E-state index contributed by atoms with van der Waals surface area (Å²) in [6, 6.07) is 11.8. The SMILES string of the molecule is CCc1ccc2cc(O)ccc2c1.O=[P+](O)O. The molecule has 0 fully saturated rings. The van der Waals surface area contributed by atoms with Gasteiger partial charge in [-0.05, 0) is 34.9 Å². The summed E-state index contributed by atoms with van der Waals surface area (Å²) >= 11 is 0. The summed E-state index contributed by atoms with van der Waals surface area (Å²) in [6.07, 6.45) is 1.05. The van der Waals surface area contributed by atoms with Crippen LogP contribution in [0.2, 0.25) is 0 Å². The molecule has 5 heteroatoms. The van der Waals surface area contributed by atoms with Gasteiger partial charge in [0, 0.05) is 4.57 Å². The second-order valence-electron chi connectivity index (χ2n) is 3.47. The number of fused-ring (bicyclic) bond motifs is 1. The van der Waals surface area contributed by atoms with E-state index in [1.807, 2.05) is 12.1 Å². The molecule has 0 radical (unpaired) electrons. The van der Waals surface area contributed by atoms with Gasteiger partial charge in [-0.15, -0.1) is 9.79 Å². The molecule has 90 valence electrons. The van der Waals surface area contributed by atoms with E-state index < -0.39 is 8.25 Å². The van der Waals surface area contributed by atoms with Crippen LogP contribution in [0.25, 0.3) is 10.8 Å². The van der Waals surface area contributed by atoms with Crippen molar-refractivity contribution in [2.45, 2.75) is 13.3 Å². The maximum atomic E-state index is 9.26. The molecule has 2 rings (SSSR count). The highest BCUT2D eigenvalue weighted by atomic mass is 31.1. The first-order valence-electron chi connectivity index (χ1n) is 5.09. The van der Waals surface area contributed by atoms with Crippen molar-refractivity contribution in [2.24, 2.45) is 0 Å². The Labute approximate surface area is 100 Å². The largest absolute Gasteiger partial charge is 0.692 e. The summed E-state index contributed by atoms with van der Waals surface area (Å²) in [5, 5.41) is 11.5. The summed E-state index contributed by atoms with van der Waals surface area (Å²) < 4.78 is 8.70. The van der Waals surface area contributed by atoms with Gasteiger partial charge in [0.05, 0.1) is 0 Å². The molecule has 0 heterocycles.